The summed E-state index contributed by atoms with van der Waals surface area (Å²) in [6, 6.07) is 0. The van der Waals surface area contributed by atoms with Crippen molar-refractivity contribution in [1.29, 1.82) is 0 Å². The number of ether oxygens (including phenoxy) is 2. The van der Waals surface area contributed by atoms with Crippen molar-refractivity contribution >= 4 is 11.9 Å². The molecular weight excluding hydrogens is 210 g/mol. The van der Waals surface area contributed by atoms with Crippen molar-refractivity contribution in [3.8, 4) is 0 Å². The van der Waals surface area contributed by atoms with Crippen molar-refractivity contribution in [3.63, 3.8) is 0 Å². The van der Waals surface area contributed by atoms with E-state index in [1.54, 1.807) is 6.08 Å². The van der Waals surface area contributed by atoms with E-state index in [1.807, 2.05) is 0 Å². The molecule has 90 valence electrons. The first-order valence-corrected chi connectivity index (χ1v) is 4.86. The molecule has 5 heteroatoms. The summed E-state index contributed by atoms with van der Waals surface area (Å²) in [6.07, 6.45) is 1.58. The lowest BCUT2D eigenvalue weighted by Gasteiger charge is -2.07. The smallest absolute Gasteiger partial charge is 0.335 e. The summed E-state index contributed by atoms with van der Waals surface area (Å²) in [6.45, 7) is 9.27. The quantitative estimate of drug-likeness (QED) is 0.282. The van der Waals surface area contributed by atoms with E-state index in [0.29, 0.717) is 13.2 Å². The second-order valence-electron chi connectivity index (χ2n) is 3.03. The third kappa shape index (κ3) is 7.75. The SMILES string of the molecule is C=CCOCC(=C)C(=O)OCCNC(C)=O. The maximum absolute atomic E-state index is 11.2. The summed E-state index contributed by atoms with van der Waals surface area (Å²) in [4.78, 5) is 21.7. The average molecular weight is 227 g/mol. The van der Waals surface area contributed by atoms with Crippen LogP contribution in [0.5, 0.6) is 0 Å². The zero-order valence-electron chi connectivity index (χ0n) is 9.45. The van der Waals surface area contributed by atoms with Crippen LogP contribution in [0.25, 0.3) is 0 Å². The maximum atomic E-state index is 11.2. The molecule has 0 rings (SSSR count). The molecule has 0 radical (unpaired) electrons. The Kier molecular flexibility index (Phi) is 7.79. The fourth-order valence-electron chi connectivity index (χ4n) is 0.797. The Balaban J connectivity index is 3.59. The van der Waals surface area contributed by atoms with Gasteiger partial charge >= 0.3 is 5.97 Å². The van der Waals surface area contributed by atoms with Gasteiger partial charge < -0.3 is 14.8 Å². The van der Waals surface area contributed by atoms with E-state index in [9.17, 15) is 9.59 Å². The molecule has 0 spiro atoms. The number of carbonyl (C=O) groups is 2. The lowest BCUT2D eigenvalue weighted by atomic mass is 10.3. The third-order valence-electron chi connectivity index (χ3n) is 1.51. The van der Waals surface area contributed by atoms with Gasteiger partial charge in [-0.3, -0.25) is 4.79 Å². The van der Waals surface area contributed by atoms with Crippen LogP contribution in [0, 0.1) is 0 Å². The summed E-state index contributed by atoms with van der Waals surface area (Å²) >= 11 is 0. The van der Waals surface area contributed by atoms with E-state index in [4.69, 9.17) is 9.47 Å². The zero-order chi connectivity index (χ0) is 12.4. The fraction of sp³-hybridized carbons (Fsp3) is 0.455. The summed E-state index contributed by atoms with van der Waals surface area (Å²) in [5.74, 6) is -0.682. The lowest BCUT2D eigenvalue weighted by Crippen LogP contribution is -2.26. The van der Waals surface area contributed by atoms with Crippen LogP contribution in [-0.4, -0.2) is 38.2 Å². The molecule has 0 aliphatic heterocycles. The number of amides is 1. The molecule has 0 aliphatic carbocycles. The maximum Gasteiger partial charge on any atom is 0.335 e. The molecule has 0 aliphatic rings. The predicted molar refractivity (Wildman–Crippen MR) is 59.8 cm³/mol. The van der Waals surface area contributed by atoms with Crippen LogP contribution in [-0.2, 0) is 19.1 Å². The van der Waals surface area contributed by atoms with Gasteiger partial charge in [0.25, 0.3) is 0 Å². The summed E-state index contributed by atoms with van der Waals surface area (Å²) < 4.78 is 9.85. The Hall–Kier alpha value is -1.62. The van der Waals surface area contributed by atoms with Crippen LogP contribution in [0.1, 0.15) is 6.92 Å². The normalized spacial score (nSPS) is 9.31. The van der Waals surface area contributed by atoms with E-state index in [-0.39, 0.29) is 24.7 Å². The molecule has 0 aromatic carbocycles. The van der Waals surface area contributed by atoms with Crippen LogP contribution in [0.4, 0.5) is 0 Å². The van der Waals surface area contributed by atoms with E-state index in [0.717, 1.165) is 0 Å². The van der Waals surface area contributed by atoms with Crippen LogP contribution >= 0.6 is 0 Å². The summed E-state index contributed by atoms with van der Waals surface area (Å²) in [5, 5.41) is 2.50. The highest BCUT2D eigenvalue weighted by Crippen LogP contribution is 1.95. The third-order valence-corrected chi connectivity index (χ3v) is 1.51. The number of hydrogen-bond acceptors (Lipinski definition) is 4. The van der Waals surface area contributed by atoms with Gasteiger partial charge in [0, 0.05) is 6.92 Å². The Labute approximate surface area is 95.1 Å². The minimum Gasteiger partial charge on any atom is -0.460 e. The molecule has 5 nitrogen and oxygen atoms in total. The van der Waals surface area contributed by atoms with Gasteiger partial charge in [0.1, 0.15) is 6.61 Å². The van der Waals surface area contributed by atoms with Crippen molar-refractivity contribution in [2.45, 2.75) is 6.92 Å². The first-order chi connectivity index (χ1) is 7.57. The number of hydrogen-bond donors (Lipinski definition) is 1. The van der Waals surface area contributed by atoms with E-state index in [2.05, 4.69) is 18.5 Å². The second-order valence-corrected chi connectivity index (χ2v) is 3.03. The van der Waals surface area contributed by atoms with Gasteiger partial charge in [0.2, 0.25) is 5.91 Å². The zero-order valence-corrected chi connectivity index (χ0v) is 9.45. The number of esters is 1. The van der Waals surface area contributed by atoms with Gasteiger partial charge in [0.05, 0.1) is 25.3 Å². The van der Waals surface area contributed by atoms with Gasteiger partial charge in [-0.2, -0.15) is 0 Å². The Morgan fingerprint density at radius 3 is 2.69 bits per heavy atom. The van der Waals surface area contributed by atoms with E-state index in [1.165, 1.54) is 6.92 Å². The molecule has 0 aromatic heterocycles. The summed E-state index contributed by atoms with van der Waals surface area (Å²) in [7, 11) is 0. The van der Waals surface area contributed by atoms with Crippen molar-refractivity contribution in [1.82, 2.24) is 5.32 Å². The number of rotatable bonds is 8. The van der Waals surface area contributed by atoms with Gasteiger partial charge in [-0.1, -0.05) is 12.7 Å². The number of carbonyl (C=O) groups excluding carboxylic acids is 2. The van der Waals surface area contributed by atoms with Crippen molar-refractivity contribution in [2.75, 3.05) is 26.4 Å². The van der Waals surface area contributed by atoms with Crippen molar-refractivity contribution in [2.24, 2.45) is 0 Å². The lowest BCUT2D eigenvalue weighted by molar-refractivity contribution is -0.140. The first kappa shape index (κ1) is 14.4. The Bertz CT molecular complexity index is 273. The highest BCUT2D eigenvalue weighted by atomic mass is 16.5. The largest absolute Gasteiger partial charge is 0.460 e. The second kappa shape index (κ2) is 8.67. The van der Waals surface area contributed by atoms with Gasteiger partial charge in [-0.05, 0) is 0 Å². The van der Waals surface area contributed by atoms with Crippen LogP contribution in [0.15, 0.2) is 24.8 Å². The minimum atomic E-state index is -0.519. The molecule has 16 heavy (non-hydrogen) atoms. The van der Waals surface area contributed by atoms with Crippen molar-refractivity contribution in [3.05, 3.63) is 24.8 Å². The van der Waals surface area contributed by atoms with E-state index < -0.39 is 5.97 Å². The van der Waals surface area contributed by atoms with E-state index >= 15 is 0 Å². The molecular formula is C11H17NO4. The van der Waals surface area contributed by atoms with Crippen molar-refractivity contribution < 1.29 is 19.1 Å². The molecule has 0 bridgehead atoms. The van der Waals surface area contributed by atoms with Gasteiger partial charge in [-0.15, -0.1) is 6.58 Å². The minimum absolute atomic E-state index is 0.116. The van der Waals surface area contributed by atoms with Crippen LogP contribution in [0.2, 0.25) is 0 Å². The molecule has 0 saturated carbocycles. The number of nitrogens with one attached hydrogen (secondary N) is 1. The molecule has 0 fully saturated rings. The molecule has 1 N–H and O–H groups in total. The molecule has 0 saturated heterocycles. The highest BCUT2D eigenvalue weighted by molar-refractivity contribution is 5.88. The summed E-state index contributed by atoms with van der Waals surface area (Å²) in [5.41, 5.74) is 0.240. The molecule has 0 heterocycles. The van der Waals surface area contributed by atoms with Crippen LogP contribution in [0.3, 0.4) is 0 Å². The first-order valence-electron chi connectivity index (χ1n) is 4.86. The van der Waals surface area contributed by atoms with Crippen LogP contribution < -0.4 is 5.32 Å². The predicted octanol–water partition coefficient (Wildman–Crippen LogP) is 0.424. The molecule has 0 aromatic rings. The monoisotopic (exact) mass is 227 g/mol. The van der Waals surface area contributed by atoms with Gasteiger partial charge in [0.15, 0.2) is 0 Å². The Morgan fingerprint density at radius 1 is 1.44 bits per heavy atom. The topological polar surface area (TPSA) is 64.6 Å². The molecule has 0 atom stereocenters. The fourth-order valence-corrected chi connectivity index (χ4v) is 0.797. The molecule has 0 unspecified atom stereocenters. The van der Waals surface area contributed by atoms with Gasteiger partial charge in [-0.25, -0.2) is 4.79 Å². The average Bonchev–Trinajstić information content (AvgIpc) is 2.24. The molecule has 1 amide bonds. The highest BCUT2D eigenvalue weighted by Gasteiger charge is 2.07. The Morgan fingerprint density at radius 2 is 2.12 bits per heavy atom. The standard InChI is InChI=1S/C11H17NO4/c1-4-6-15-8-9(2)11(14)16-7-5-12-10(3)13/h4H,1-2,5-8H2,3H3,(H,12,13).